The van der Waals surface area contributed by atoms with Gasteiger partial charge in [0.15, 0.2) is 0 Å². The van der Waals surface area contributed by atoms with Crippen molar-refractivity contribution in [3.63, 3.8) is 0 Å². The molecule has 0 spiro atoms. The fraction of sp³-hybridized carbons (Fsp3) is 0.562. The molecule has 1 aromatic rings. The van der Waals surface area contributed by atoms with Gasteiger partial charge in [0.25, 0.3) is 0 Å². The lowest BCUT2D eigenvalue weighted by molar-refractivity contribution is -0.146. The van der Waals surface area contributed by atoms with Crippen molar-refractivity contribution in [2.24, 2.45) is 11.8 Å². The third-order valence-electron chi connectivity index (χ3n) is 4.30. The number of sulfonamides is 1. The zero-order chi connectivity index (χ0) is 16.4. The Labute approximate surface area is 136 Å². The number of benzene rings is 1. The van der Waals surface area contributed by atoms with E-state index in [-0.39, 0.29) is 23.4 Å². The molecule has 1 heterocycles. The van der Waals surface area contributed by atoms with Crippen LogP contribution in [-0.4, -0.2) is 45.0 Å². The summed E-state index contributed by atoms with van der Waals surface area (Å²) in [6.07, 6.45) is 0.879. The number of ether oxygens (including phenoxy) is 2. The average Bonchev–Trinajstić information content (AvgIpc) is 3.31. The van der Waals surface area contributed by atoms with Crippen molar-refractivity contribution in [3.05, 3.63) is 29.8 Å². The van der Waals surface area contributed by atoms with E-state index >= 15 is 0 Å². The van der Waals surface area contributed by atoms with Gasteiger partial charge >= 0.3 is 5.97 Å². The van der Waals surface area contributed by atoms with Crippen LogP contribution in [0.3, 0.4) is 0 Å². The molecule has 1 aliphatic carbocycles. The molecular weight excluding hydrogens is 318 g/mol. The number of hydrogen-bond donors (Lipinski definition) is 0. The quantitative estimate of drug-likeness (QED) is 0.759. The molecule has 1 saturated carbocycles. The molecule has 3 rings (SSSR count). The van der Waals surface area contributed by atoms with E-state index in [1.54, 1.807) is 24.3 Å². The van der Waals surface area contributed by atoms with E-state index in [1.807, 2.05) is 6.92 Å². The van der Waals surface area contributed by atoms with E-state index in [9.17, 15) is 13.2 Å². The third kappa shape index (κ3) is 3.73. The van der Waals surface area contributed by atoms with Gasteiger partial charge in [0.2, 0.25) is 10.0 Å². The summed E-state index contributed by atoms with van der Waals surface area (Å²) in [6.45, 7) is 3.67. The summed E-state index contributed by atoms with van der Waals surface area (Å²) in [5, 5.41) is 0. The number of rotatable bonds is 5. The van der Waals surface area contributed by atoms with Crippen LogP contribution in [0.2, 0.25) is 0 Å². The zero-order valence-electron chi connectivity index (χ0n) is 13.1. The largest absolute Gasteiger partial charge is 0.461 e. The summed E-state index contributed by atoms with van der Waals surface area (Å²) in [4.78, 5) is 12.0. The maximum Gasteiger partial charge on any atom is 0.309 e. The molecule has 0 aromatic heterocycles. The molecule has 0 N–H and O–H groups in total. The van der Waals surface area contributed by atoms with Crippen LogP contribution in [0.4, 0.5) is 0 Å². The summed E-state index contributed by atoms with van der Waals surface area (Å²) >= 11 is 0. The molecule has 1 aromatic carbocycles. The molecule has 6 nitrogen and oxygen atoms in total. The van der Waals surface area contributed by atoms with Crippen LogP contribution >= 0.6 is 0 Å². The standard InChI is InChI=1S/C16H21NO5S/c1-12-9-15(12)16(18)22-11-13-3-2-4-14(10-13)23(19,20)17-5-7-21-8-6-17/h2-4,10,12,15H,5-9,11H2,1H3/t12-,15+/m1/s1. The molecule has 23 heavy (non-hydrogen) atoms. The van der Waals surface area contributed by atoms with Gasteiger partial charge in [0.1, 0.15) is 6.61 Å². The van der Waals surface area contributed by atoms with Crippen LogP contribution in [0.15, 0.2) is 29.2 Å². The number of nitrogens with zero attached hydrogens (tertiary/aromatic N) is 1. The van der Waals surface area contributed by atoms with Gasteiger partial charge in [0.05, 0.1) is 24.0 Å². The molecule has 2 aliphatic rings. The second-order valence-electron chi connectivity index (χ2n) is 6.09. The Kier molecular flexibility index (Phi) is 4.70. The zero-order valence-corrected chi connectivity index (χ0v) is 13.9. The van der Waals surface area contributed by atoms with E-state index in [0.29, 0.717) is 37.8 Å². The van der Waals surface area contributed by atoms with E-state index < -0.39 is 10.0 Å². The Morgan fingerprint density at radius 3 is 2.70 bits per heavy atom. The average molecular weight is 339 g/mol. The van der Waals surface area contributed by atoms with Crippen molar-refractivity contribution < 1.29 is 22.7 Å². The summed E-state index contributed by atoms with van der Waals surface area (Å²) in [5.74, 6) is 0.213. The summed E-state index contributed by atoms with van der Waals surface area (Å²) < 4.78 is 37.1. The van der Waals surface area contributed by atoms with Crippen molar-refractivity contribution in [1.82, 2.24) is 4.31 Å². The highest BCUT2D eigenvalue weighted by Crippen LogP contribution is 2.38. The Morgan fingerprint density at radius 1 is 1.35 bits per heavy atom. The molecule has 0 radical (unpaired) electrons. The van der Waals surface area contributed by atoms with Gasteiger partial charge < -0.3 is 9.47 Å². The summed E-state index contributed by atoms with van der Waals surface area (Å²) in [6, 6.07) is 6.59. The monoisotopic (exact) mass is 339 g/mol. The Morgan fingerprint density at radius 2 is 2.04 bits per heavy atom. The van der Waals surface area contributed by atoms with Crippen LogP contribution in [0.1, 0.15) is 18.9 Å². The Bertz CT molecular complexity index is 681. The van der Waals surface area contributed by atoms with Crippen LogP contribution in [0.5, 0.6) is 0 Å². The highest BCUT2D eigenvalue weighted by Gasteiger charge is 2.40. The van der Waals surface area contributed by atoms with Gasteiger partial charge in [-0.25, -0.2) is 8.42 Å². The van der Waals surface area contributed by atoms with Crippen molar-refractivity contribution in [2.75, 3.05) is 26.3 Å². The minimum atomic E-state index is -3.52. The molecule has 1 saturated heterocycles. The molecular formula is C16H21NO5S. The molecule has 7 heteroatoms. The fourth-order valence-electron chi connectivity index (χ4n) is 2.64. The number of carbonyl (C=O) groups is 1. The molecule has 0 unspecified atom stereocenters. The van der Waals surface area contributed by atoms with Crippen LogP contribution in [-0.2, 0) is 30.9 Å². The van der Waals surface area contributed by atoms with Gasteiger partial charge in [-0.15, -0.1) is 0 Å². The summed E-state index contributed by atoms with van der Waals surface area (Å²) in [5.41, 5.74) is 0.681. The topological polar surface area (TPSA) is 72.9 Å². The van der Waals surface area contributed by atoms with Crippen molar-refractivity contribution in [1.29, 1.82) is 0 Å². The molecule has 126 valence electrons. The second kappa shape index (κ2) is 6.59. The first-order chi connectivity index (χ1) is 11.0. The van der Waals surface area contributed by atoms with Crippen LogP contribution in [0, 0.1) is 11.8 Å². The predicted molar refractivity (Wildman–Crippen MR) is 83.1 cm³/mol. The second-order valence-corrected chi connectivity index (χ2v) is 8.03. The number of hydrogen-bond acceptors (Lipinski definition) is 5. The van der Waals surface area contributed by atoms with Crippen molar-refractivity contribution >= 4 is 16.0 Å². The lowest BCUT2D eigenvalue weighted by Gasteiger charge is -2.26. The SMILES string of the molecule is C[C@@H]1C[C@@H]1C(=O)OCc1cccc(S(=O)(=O)N2CCOCC2)c1. The molecule has 0 amide bonds. The third-order valence-corrected chi connectivity index (χ3v) is 6.19. The van der Waals surface area contributed by atoms with E-state index in [4.69, 9.17) is 9.47 Å². The maximum absolute atomic E-state index is 12.6. The minimum absolute atomic E-state index is 0.00950. The van der Waals surface area contributed by atoms with Crippen molar-refractivity contribution in [3.8, 4) is 0 Å². The predicted octanol–water partition coefficient (Wildman–Crippen LogP) is 1.41. The van der Waals surface area contributed by atoms with Crippen LogP contribution < -0.4 is 0 Å². The molecule has 1 aliphatic heterocycles. The first-order valence-corrected chi connectivity index (χ1v) is 9.26. The first-order valence-electron chi connectivity index (χ1n) is 7.82. The van der Waals surface area contributed by atoms with Crippen LogP contribution in [0.25, 0.3) is 0 Å². The van der Waals surface area contributed by atoms with E-state index in [0.717, 1.165) is 6.42 Å². The van der Waals surface area contributed by atoms with Gasteiger partial charge in [-0.1, -0.05) is 19.1 Å². The molecule has 0 bridgehead atoms. The van der Waals surface area contributed by atoms with E-state index in [2.05, 4.69) is 0 Å². The minimum Gasteiger partial charge on any atom is -0.461 e. The fourth-order valence-corrected chi connectivity index (χ4v) is 4.12. The highest BCUT2D eigenvalue weighted by molar-refractivity contribution is 7.89. The maximum atomic E-state index is 12.6. The number of esters is 1. The van der Waals surface area contributed by atoms with Gasteiger partial charge in [-0.05, 0) is 30.0 Å². The lowest BCUT2D eigenvalue weighted by Crippen LogP contribution is -2.40. The normalized spacial score (nSPS) is 25.1. The number of morpholine rings is 1. The first kappa shape index (κ1) is 16.4. The summed E-state index contributed by atoms with van der Waals surface area (Å²) in [7, 11) is -3.52. The number of carbonyl (C=O) groups excluding carboxylic acids is 1. The lowest BCUT2D eigenvalue weighted by atomic mass is 10.2. The molecule has 2 fully saturated rings. The smallest absolute Gasteiger partial charge is 0.309 e. The Balaban J connectivity index is 1.67. The van der Waals surface area contributed by atoms with Gasteiger partial charge in [-0.3, -0.25) is 4.79 Å². The van der Waals surface area contributed by atoms with E-state index in [1.165, 1.54) is 4.31 Å². The molecule has 2 atom stereocenters. The Hall–Kier alpha value is -1.44. The van der Waals surface area contributed by atoms with Gasteiger partial charge in [0, 0.05) is 13.1 Å². The highest BCUT2D eigenvalue weighted by atomic mass is 32.2. The van der Waals surface area contributed by atoms with Gasteiger partial charge in [-0.2, -0.15) is 4.31 Å². The van der Waals surface area contributed by atoms with Crippen molar-refractivity contribution in [2.45, 2.75) is 24.8 Å².